The van der Waals surface area contributed by atoms with Gasteiger partial charge in [-0.3, -0.25) is 0 Å². The molecular formula is C16H27ClN2. The zero-order valence-electron chi connectivity index (χ0n) is 12.3. The van der Waals surface area contributed by atoms with Crippen molar-refractivity contribution in [3.05, 3.63) is 23.4 Å². The summed E-state index contributed by atoms with van der Waals surface area (Å²) in [6.07, 6.45) is 10.2. The van der Waals surface area contributed by atoms with Gasteiger partial charge in [0.25, 0.3) is 0 Å². The van der Waals surface area contributed by atoms with Crippen molar-refractivity contribution in [3.8, 4) is 0 Å². The summed E-state index contributed by atoms with van der Waals surface area (Å²) >= 11 is 5.93. The molecule has 0 aliphatic rings. The highest BCUT2D eigenvalue weighted by Gasteiger charge is 2.09. The van der Waals surface area contributed by atoms with E-state index in [1.54, 1.807) is 0 Å². The van der Waals surface area contributed by atoms with Crippen LogP contribution in [-0.4, -0.2) is 11.0 Å². The van der Waals surface area contributed by atoms with Crippen molar-refractivity contribution in [2.45, 2.75) is 71.3 Å². The smallest absolute Gasteiger partial charge is 0.131 e. The number of nitrogens with zero attached hydrogens (tertiary/aromatic N) is 1. The molecule has 1 aromatic rings. The zero-order chi connectivity index (χ0) is 13.9. The Labute approximate surface area is 123 Å². The van der Waals surface area contributed by atoms with Gasteiger partial charge in [0.15, 0.2) is 0 Å². The second kappa shape index (κ2) is 10.1. The third-order valence-corrected chi connectivity index (χ3v) is 3.59. The molecule has 0 saturated carbocycles. The number of halogens is 1. The van der Waals surface area contributed by atoms with Gasteiger partial charge in [-0.15, -0.1) is 0 Å². The van der Waals surface area contributed by atoms with Crippen LogP contribution >= 0.6 is 11.6 Å². The van der Waals surface area contributed by atoms with Crippen molar-refractivity contribution in [3.63, 3.8) is 0 Å². The summed E-state index contributed by atoms with van der Waals surface area (Å²) in [6, 6.07) is 6.30. The lowest BCUT2D eigenvalue weighted by molar-refractivity contribution is 0.525. The highest BCUT2D eigenvalue weighted by molar-refractivity contribution is 6.29. The van der Waals surface area contributed by atoms with Gasteiger partial charge in [0.05, 0.1) is 0 Å². The lowest BCUT2D eigenvalue weighted by Gasteiger charge is -2.19. The van der Waals surface area contributed by atoms with Crippen molar-refractivity contribution >= 4 is 17.4 Å². The van der Waals surface area contributed by atoms with Gasteiger partial charge in [0.1, 0.15) is 11.0 Å². The molecule has 0 spiro atoms. The Morgan fingerprint density at radius 2 is 1.68 bits per heavy atom. The van der Waals surface area contributed by atoms with Crippen LogP contribution in [0, 0.1) is 0 Å². The monoisotopic (exact) mass is 282 g/mol. The first kappa shape index (κ1) is 16.3. The average molecular weight is 283 g/mol. The second-order valence-corrected chi connectivity index (χ2v) is 5.57. The molecular weight excluding hydrogens is 256 g/mol. The van der Waals surface area contributed by atoms with Crippen molar-refractivity contribution in [2.75, 3.05) is 5.32 Å². The van der Waals surface area contributed by atoms with Gasteiger partial charge in [-0.1, -0.05) is 70.0 Å². The molecule has 0 atom stereocenters. The van der Waals surface area contributed by atoms with Crippen LogP contribution < -0.4 is 5.32 Å². The number of nitrogens with one attached hydrogen (secondary N) is 1. The molecule has 0 bridgehead atoms. The van der Waals surface area contributed by atoms with E-state index in [1.165, 1.54) is 51.4 Å². The molecule has 2 nitrogen and oxygen atoms in total. The summed E-state index contributed by atoms with van der Waals surface area (Å²) in [5.74, 6) is 0.908. The van der Waals surface area contributed by atoms with E-state index in [0.717, 1.165) is 5.82 Å². The summed E-state index contributed by atoms with van der Waals surface area (Å²) in [5, 5.41) is 4.10. The van der Waals surface area contributed by atoms with Gasteiger partial charge in [-0.25, -0.2) is 4.98 Å². The fraction of sp³-hybridized carbons (Fsp3) is 0.688. The second-order valence-electron chi connectivity index (χ2n) is 5.18. The van der Waals surface area contributed by atoms with Crippen molar-refractivity contribution in [1.82, 2.24) is 4.98 Å². The van der Waals surface area contributed by atoms with Crippen LogP contribution in [0.4, 0.5) is 5.82 Å². The molecule has 0 fully saturated rings. The minimum atomic E-state index is 0.532. The number of hydrogen-bond acceptors (Lipinski definition) is 2. The maximum Gasteiger partial charge on any atom is 0.131 e. The standard InChI is InChI=1S/C16H27ClN2/c1-3-5-7-10-14(11-8-6-4-2)18-16-13-9-12-15(17)19-16/h9,12-14H,3-8,10-11H2,1-2H3,(H,18,19). The number of unbranched alkanes of at least 4 members (excludes halogenated alkanes) is 4. The molecule has 1 N–H and O–H groups in total. The summed E-state index contributed by atoms with van der Waals surface area (Å²) in [4.78, 5) is 4.32. The van der Waals surface area contributed by atoms with E-state index in [4.69, 9.17) is 11.6 Å². The first-order valence-corrected chi connectivity index (χ1v) is 8.03. The highest BCUT2D eigenvalue weighted by Crippen LogP contribution is 2.17. The Kier molecular flexibility index (Phi) is 8.64. The van der Waals surface area contributed by atoms with Crippen molar-refractivity contribution in [2.24, 2.45) is 0 Å². The van der Waals surface area contributed by atoms with Crippen LogP contribution in [-0.2, 0) is 0 Å². The van der Waals surface area contributed by atoms with Gasteiger partial charge in [-0.05, 0) is 25.0 Å². The van der Waals surface area contributed by atoms with E-state index in [2.05, 4.69) is 24.1 Å². The Morgan fingerprint density at radius 1 is 1.05 bits per heavy atom. The van der Waals surface area contributed by atoms with E-state index in [-0.39, 0.29) is 0 Å². The average Bonchev–Trinajstić information content (AvgIpc) is 2.39. The molecule has 3 heteroatoms. The molecule has 0 aliphatic heterocycles. The van der Waals surface area contributed by atoms with Crippen molar-refractivity contribution in [1.29, 1.82) is 0 Å². The molecule has 19 heavy (non-hydrogen) atoms. The third-order valence-electron chi connectivity index (χ3n) is 3.38. The fourth-order valence-corrected chi connectivity index (χ4v) is 2.43. The highest BCUT2D eigenvalue weighted by atomic mass is 35.5. The van der Waals surface area contributed by atoms with Crippen molar-refractivity contribution < 1.29 is 0 Å². The first-order chi connectivity index (χ1) is 9.26. The van der Waals surface area contributed by atoms with Crippen LogP contribution in [0.2, 0.25) is 5.15 Å². The molecule has 0 saturated heterocycles. The topological polar surface area (TPSA) is 24.9 Å². The third kappa shape index (κ3) is 7.41. The van der Waals surface area contributed by atoms with E-state index in [0.29, 0.717) is 11.2 Å². The number of pyridine rings is 1. The SMILES string of the molecule is CCCCCC(CCCCC)Nc1cccc(Cl)n1. The van der Waals surface area contributed by atoms with Gasteiger partial charge in [0.2, 0.25) is 0 Å². The lowest BCUT2D eigenvalue weighted by atomic mass is 10.0. The number of aromatic nitrogens is 1. The fourth-order valence-electron chi connectivity index (χ4n) is 2.27. The van der Waals surface area contributed by atoms with E-state index >= 15 is 0 Å². The Morgan fingerprint density at radius 3 is 2.21 bits per heavy atom. The Balaban J connectivity index is 2.46. The molecule has 0 amide bonds. The summed E-state index contributed by atoms with van der Waals surface area (Å²) in [6.45, 7) is 4.50. The van der Waals surface area contributed by atoms with Crippen LogP contribution in [0.1, 0.15) is 65.2 Å². The predicted octanol–water partition coefficient (Wildman–Crippen LogP) is 5.68. The molecule has 1 rings (SSSR count). The molecule has 0 radical (unpaired) electrons. The van der Waals surface area contributed by atoms with E-state index in [9.17, 15) is 0 Å². The molecule has 108 valence electrons. The van der Waals surface area contributed by atoms with Gasteiger partial charge >= 0.3 is 0 Å². The summed E-state index contributed by atoms with van der Waals surface area (Å²) in [5.41, 5.74) is 0. The molecule has 0 aromatic carbocycles. The summed E-state index contributed by atoms with van der Waals surface area (Å²) < 4.78 is 0. The quantitative estimate of drug-likeness (QED) is 0.441. The van der Waals surface area contributed by atoms with E-state index < -0.39 is 0 Å². The minimum Gasteiger partial charge on any atom is -0.367 e. The Bertz CT molecular complexity index is 331. The van der Waals surface area contributed by atoms with Gasteiger partial charge in [0, 0.05) is 6.04 Å². The number of rotatable bonds is 10. The predicted molar refractivity (Wildman–Crippen MR) is 84.9 cm³/mol. The summed E-state index contributed by atoms with van der Waals surface area (Å²) in [7, 11) is 0. The largest absolute Gasteiger partial charge is 0.367 e. The minimum absolute atomic E-state index is 0.532. The van der Waals surface area contributed by atoms with Crippen LogP contribution in [0.15, 0.2) is 18.2 Å². The lowest BCUT2D eigenvalue weighted by Crippen LogP contribution is -2.20. The molecule has 1 aromatic heterocycles. The Hall–Kier alpha value is -0.760. The molecule has 0 aliphatic carbocycles. The maximum absolute atomic E-state index is 5.93. The van der Waals surface area contributed by atoms with Crippen LogP contribution in [0.25, 0.3) is 0 Å². The van der Waals surface area contributed by atoms with Gasteiger partial charge < -0.3 is 5.32 Å². The molecule has 0 unspecified atom stereocenters. The number of anilines is 1. The van der Waals surface area contributed by atoms with E-state index in [1.807, 2.05) is 18.2 Å². The normalized spacial score (nSPS) is 10.9. The van der Waals surface area contributed by atoms with Gasteiger partial charge in [-0.2, -0.15) is 0 Å². The first-order valence-electron chi connectivity index (χ1n) is 7.65. The van der Waals surface area contributed by atoms with Crippen LogP contribution in [0.5, 0.6) is 0 Å². The molecule has 1 heterocycles. The van der Waals surface area contributed by atoms with Crippen LogP contribution in [0.3, 0.4) is 0 Å². The maximum atomic E-state index is 5.93. The number of hydrogen-bond donors (Lipinski definition) is 1. The zero-order valence-corrected chi connectivity index (χ0v) is 13.0.